The highest BCUT2D eigenvalue weighted by Crippen LogP contribution is 2.19. The average molecular weight is 305 g/mol. The summed E-state index contributed by atoms with van der Waals surface area (Å²) in [6, 6.07) is 21.5. The van der Waals surface area contributed by atoms with E-state index in [1.165, 1.54) is 0 Å². The largest absolute Gasteiger partial charge is 0.344 e. The Morgan fingerprint density at radius 1 is 1.04 bits per heavy atom. The topological polar surface area (TPSA) is 46.9 Å². The van der Waals surface area contributed by atoms with Gasteiger partial charge in [-0.2, -0.15) is 5.10 Å². The number of benzene rings is 2. The lowest BCUT2D eigenvalue weighted by Crippen LogP contribution is -2.28. The molecule has 23 heavy (non-hydrogen) atoms. The Labute approximate surface area is 135 Å². The third-order valence-electron chi connectivity index (χ3n) is 3.83. The van der Waals surface area contributed by atoms with E-state index in [0.29, 0.717) is 5.69 Å². The molecule has 2 aromatic carbocycles. The van der Waals surface area contributed by atoms with Crippen LogP contribution in [0.5, 0.6) is 0 Å². The molecule has 0 saturated carbocycles. The zero-order valence-corrected chi connectivity index (χ0v) is 13.2. The van der Waals surface area contributed by atoms with Crippen LogP contribution in [0.1, 0.15) is 29.0 Å². The van der Waals surface area contributed by atoms with Crippen LogP contribution in [0.4, 0.5) is 0 Å². The monoisotopic (exact) mass is 305 g/mol. The van der Waals surface area contributed by atoms with Crippen molar-refractivity contribution in [2.75, 3.05) is 0 Å². The van der Waals surface area contributed by atoms with Crippen molar-refractivity contribution < 1.29 is 4.79 Å². The molecule has 0 aliphatic rings. The third kappa shape index (κ3) is 3.31. The molecule has 4 heteroatoms. The van der Waals surface area contributed by atoms with Crippen LogP contribution >= 0.6 is 0 Å². The smallest absolute Gasteiger partial charge is 0.270 e. The molecular weight excluding hydrogens is 286 g/mol. The van der Waals surface area contributed by atoms with Crippen molar-refractivity contribution in [3.05, 3.63) is 78.0 Å². The second-order valence-electron chi connectivity index (χ2n) is 5.51. The van der Waals surface area contributed by atoms with Gasteiger partial charge < -0.3 is 5.32 Å². The van der Waals surface area contributed by atoms with Gasteiger partial charge in [0.1, 0.15) is 5.69 Å². The van der Waals surface area contributed by atoms with E-state index in [4.69, 9.17) is 0 Å². The summed E-state index contributed by atoms with van der Waals surface area (Å²) in [6.07, 6.45) is 0. The Kier molecular flexibility index (Phi) is 4.24. The highest BCUT2D eigenvalue weighted by atomic mass is 16.2. The van der Waals surface area contributed by atoms with Gasteiger partial charge in [0.15, 0.2) is 0 Å². The Morgan fingerprint density at radius 2 is 1.65 bits per heavy atom. The van der Waals surface area contributed by atoms with Gasteiger partial charge in [-0.15, -0.1) is 0 Å². The molecule has 0 aliphatic heterocycles. The fourth-order valence-corrected chi connectivity index (χ4v) is 2.53. The van der Waals surface area contributed by atoms with Crippen molar-refractivity contribution >= 4 is 5.91 Å². The van der Waals surface area contributed by atoms with Crippen LogP contribution in [0.2, 0.25) is 0 Å². The number of aromatic nitrogens is 2. The molecule has 1 heterocycles. The number of aryl methyl sites for hydroxylation is 1. The first kappa shape index (κ1) is 15.0. The second-order valence-corrected chi connectivity index (χ2v) is 5.51. The second kappa shape index (κ2) is 6.48. The van der Waals surface area contributed by atoms with Gasteiger partial charge >= 0.3 is 0 Å². The Morgan fingerprint density at radius 3 is 2.30 bits per heavy atom. The molecular formula is C19H19N3O. The van der Waals surface area contributed by atoms with E-state index < -0.39 is 0 Å². The first-order chi connectivity index (χ1) is 11.1. The number of hydrogen-bond donors (Lipinski definition) is 1. The van der Waals surface area contributed by atoms with Gasteiger partial charge in [-0.1, -0.05) is 60.7 Å². The quantitative estimate of drug-likeness (QED) is 0.801. The molecule has 0 fully saturated rings. The normalized spacial score (nSPS) is 11.9. The van der Waals surface area contributed by atoms with Gasteiger partial charge in [0.25, 0.3) is 5.91 Å². The lowest BCUT2D eigenvalue weighted by atomic mass is 10.1. The van der Waals surface area contributed by atoms with E-state index in [2.05, 4.69) is 10.4 Å². The summed E-state index contributed by atoms with van der Waals surface area (Å²) in [7, 11) is 1.79. The maximum absolute atomic E-state index is 12.5. The zero-order chi connectivity index (χ0) is 16.2. The molecule has 1 aromatic heterocycles. The number of nitrogens with zero attached hydrogens (tertiary/aromatic N) is 2. The van der Waals surface area contributed by atoms with E-state index in [0.717, 1.165) is 16.8 Å². The van der Waals surface area contributed by atoms with Crippen LogP contribution in [0, 0.1) is 0 Å². The third-order valence-corrected chi connectivity index (χ3v) is 3.83. The number of carbonyl (C=O) groups excluding carboxylic acids is 1. The molecule has 4 nitrogen and oxygen atoms in total. The van der Waals surface area contributed by atoms with Crippen LogP contribution in [-0.2, 0) is 7.05 Å². The minimum Gasteiger partial charge on any atom is -0.344 e. The molecule has 0 saturated heterocycles. The summed E-state index contributed by atoms with van der Waals surface area (Å²) in [4.78, 5) is 12.5. The zero-order valence-electron chi connectivity index (χ0n) is 13.2. The summed E-state index contributed by atoms with van der Waals surface area (Å²) < 4.78 is 1.62. The number of hydrogen-bond acceptors (Lipinski definition) is 2. The van der Waals surface area contributed by atoms with Crippen LogP contribution < -0.4 is 5.32 Å². The van der Waals surface area contributed by atoms with Crippen molar-refractivity contribution in [3.8, 4) is 11.3 Å². The van der Waals surface area contributed by atoms with Crippen LogP contribution in [0.3, 0.4) is 0 Å². The fourth-order valence-electron chi connectivity index (χ4n) is 2.53. The molecule has 3 aromatic rings. The highest BCUT2D eigenvalue weighted by Gasteiger charge is 2.16. The van der Waals surface area contributed by atoms with Gasteiger partial charge in [0, 0.05) is 12.6 Å². The van der Waals surface area contributed by atoms with E-state index in [9.17, 15) is 4.79 Å². The number of nitrogens with one attached hydrogen (secondary N) is 1. The summed E-state index contributed by atoms with van der Waals surface area (Å²) in [5, 5.41) is 7.46. The first-order valence-corrected chi connectivity index (χ1v) is 7.60. The van der Waals surface area contributed by atoms with Crippen LogP contribution in [0.25, 0.3) is 11.3 Å². The molecule has 0 aliphatic carbocycles. The minimum atomic E-state index is -0.126. The molecule has 0 radical (unpaired) electrons. The maximum Gasteiger partial charge on any atom is 0.270 e. The molecule has 3 rings (SSSR count). The van der Waals surface area contributed by atoms with E-state index in [1.54, 1.807) is 11.7 Å². The van der Waals surface area contributed by atoms with Crippen molar-refractivity contribution in [3.63, 3.8) is 0 Å². The molecule has 1 atom stereocenters. The first-order valence-electron chi connectivity index (χ1n) is 7.60. The Bertz CT molecular complexity index is 794. The fraction of sp³-hybridized carbons (Fsp3) is 0.158. The summed E-state index contributed by atoms with van der Waals surface area (Å²) in [6.45, 7) is 1.97. The molecule has 1 amide bonds. The molecule has 0 spiro atoms. The van der Waals surface area contributed by atoms with Crippen molar-refractivity contribution in [1.29, 1.82) is 0 Å². The number of amides is 1. The highest BCUT2D eigenvalue weighted by molar-refractivity contribution is 5.94. The minimum absolute atomic E-state index is 0.0567. The van der Waals surface area contributed by atoms with Gasteiger partial charge in [0.05, 0.1) is 11.7 Å². The maximum atomic E-state index is 12.5. The molecule has 0 bridgehead atoms. The SMILES string of the molecule is C[C@H](NC(=O)c1cc(-c2ccccc2)nn1C)c1ccccc1. The average Bonchev–Trinajstić information content (AvgIpc) is 2.98. The Hall–Kier alpha value is -2.88. The van der Waals surface area contributed by atoms with E-state index >= 15 is 0 Å². The van der Waals surface area contributed by atoms with Crippen LogP contribution in [0.15, 0.2) is 66.7 Å². The summed E-state index contributed by atoms with van der Waals surface area (Å²) in [5.41, 5.74) is 3.42. The summed E-state index contributed by atoms with van der Waals surface area (Å²) >= 11 is 0. The molecule has 1 N–H and O–H groups in total. The van der Waals surface area contributed by atoms with Gasteiger partial charge in [-0.05, 0) is 18.6 Å². The van der Waals surface area contributed by atoms with Crippen molar-refractivity contribution in [2.45, 2.75) is 13.0 Å². The van der Waals surface area contributed by atoms with E-state index in [-0.39, 0.29) is 11.9 Å². The standard InChI is InChI=1S/C19H19N3O/c1-14(15-9-5-3-6-10-15)20-19(23)18-13-17(21-22(18)2)16-11-7-4-8-12-16/h3-14H,1-2H3,(H,20,23)/t14-/m0/s1. The van der Waals surface area contributed by atoms with Crippen LogP contribution in [-0.4, -0.2) is 15.7 Å². The van der Waals surface area contributed by atoms with Gasteiger partial charge in [0.2, 0.25) is 0 Å². The lowest BCUT2D eigenvalue weighted by molar-refractivity contribution is 0.0930. The lowest BCUT2D eigenvalue weighted by Gasteiger charge is -2.14. The number of rotatable bonds is 4. The van der Waals surface area contributed by atoms with Crippen molar-refractivity contribution in [2.24, 2.45) is 7.05 Å². The predicted molar refractivity (Wildman–Crippen MR) is 91.0 cm³/mol. The van der Waals surface area contributed by atoms with Gasteiger partial charge in [-0.3, -0.25) is 9.48 Å². The van der Waals surface area contributed by atoms with Crippen molar-refractivity contribution in [1.82, 2.24) is 15.1 Å². The van der Waals surface area contributed by atoms with E-state index in [1.807, 2.05) is 73.7 Å². The summed E-state index contributed by atoms with van der Waals surface area (Å²) in [5.74, 6) is -0.126. The predicted octanol–water partition coefficient (Wildman–Crippen LogP) is 3.58. The molecule has 0 unspecified atom stereocenters. The number of carbonyl (C=O) groups is 1. The molecule has 116 valence electrons. The van der Waals surface area contributed by atoms with Gasteiger partial charge in [-0.25, -0.2) is 0 Å². The Balaban J connectivity index is 1.79.